The van der Waals surface area contributed by atoms with E-state index in [2.05, 4.69) is 35.1 Å². The second-order valence-electron chi connectivity index (χ2n) is 5.45. The van der Waals surface area contributed by atoms with Crippen LogP contribution in [-0.4, -0.2) is 48.8 Å². The van der Waals surface area contributed by atoms with Gasteiger partial charge in [-0.25, -0.2) is 0 Å². The van der Waals surface area contributed by atoms with E-state index in [1.807, 2.05) is 13.1 Å². The zero-order valence-electron chi connectivity index (χ0n) is 12.3. The van der Waals surface area contributed by atoms with Crippen LogP contribution in [0.25, 0.3) is 0 Å². The minimum Gasteiger partial charge on any atom is -0.379 e. The number of ether oxygens (including phenoxy) is 1. The van der Waals surface area contributed by atoms with Crippen molar-refractivity contribution >= 4 is 0 Å². The number of aromatic nitrogens is 1. The van der Waals surface area contributed by atoms with Crippen molar-refractivity contribution < 1.29 is 4.74 Å². The quantitative estimate of drug-likeness (QED) is 0.874. The number of rotatable bonds is 5. The summed E-state index contributed by atoms with van der Waals surface area (Å²) in [6.45, 7) is 12.2. The molecule has 1 aliphatic heterocycles. The van der Waals surface area contributed by atoms with Crippen LogP contribution >= 0.6 is 0 Å². The van der Waals surface area contributed by atoms with E-state index in [-0.39, 0.29) is 0 Å². The van der Waals surface area contributed by atoms with E-state index < -0.39 is 0 Å². The van der Waals surface area contributed by atoms with Crippen LogP contribution in [0.5, 0.6) is 0 Å². The van der Waals surface area contributed by atoms with Gasteiger partial charge in [-0.2, -0.15) is 0 Å². The molecule has 1 saturated heterocycles. The predicted octanol–water partition coefficient (Wildman–Crippen LogP) is 1.51. The second kappa shape index (κ2) is 6.98. The molecule has 1 N–H and O–H groups in total. The van der Waals surface area contributed by atoms with Gasteiger partial charge in [0, 0.05) is 44.1 Å². The maximum Gasteiger partial charge on any atom is 0.0594 e. The van der Waals surface area contributed by atoms with Gasteiger partial charge >= 0.3 is 0 Å². The van der Waals surface area contributed by atoms with E-state index >= 15 is 0 Å². The molecule has 1 aliphatic rings. The monoisotopic (exact) mass is 263 g/mol. The normalized spacial score (nSPS) is 18.5. The van der Waals surface area contributed by atoms with E-state index in [9.17, 15) is 0 Å². The molecule has 4 nitrogen and oxygen atoms in total. The molecule has 0 amide bonds. The number of aryl methyl sites for hydroxylation is 2. The number of morpholine rings is 1. The fourth-order valence-corrected chi connectivity index (χ4v) is 2.43. The van der Waals surface area contributed by atoms with Crippen molar-refractivity contribution in [1.29, 1.82) is 0 Å². The van der Waals surface area contributed by atoms with Crippen molar-refractivity contribution in [3.8, 4) is 0 Å². The Labute approximate surface area is 116 Å². The van der Waals surface area contributed by atoms with Gasteiger partial charge in [-0.1, -0.05) is 0 Å². The number of nitrogens with one attached hydrogen (secondary N) is 1. The Bertz CT molecular complexity index is 402. The molecule has 2 rings (SSSR count). The molecule has 0 bridgehead atoms. The van der Waals surface area contributed by atoms with Crippen molar-refractivity contribution in [2.24, 2.45) is 0 Å². The lowest BCUT2D eigenvalue weighted by Gasteiger charge is -2.29. The predicted molar refractivity (Wildman–Crippen MR) is 77.3 cm³/mol. The van der Waals surface area contributed by atoms with Crippen molar-refractivity contribution in [1.82, 2.24) is 15.2 Å². The smallest absolute Gasteiger partial charge is 0.0594 e. The largest absolute Gasteiger partial charge is 0.379 e. The molecule has 0 radical (unpaired) electrons. The van der Waals surface area contributed by atoms with Crippen LogP contribution in [0, 0.1) is 13.8 Å². The van der Waals surface area contributed by atoms with Crippen LogP contribution in [0.15, 0.2) is 12.3 Å². The summed E-state index contributed by atoms with van der Waals surface area (Å²) in [5.41, 5.74) is 3.70. The van der Waals surface area contributed by atoms with Gasteiger partial charge in [-0.15, -0.1) is 0 Å². The summed E-state index contributed by atoms with van der Waals surface area (Å²) in [4.78, 5) is 6.83. The fraction of sp³-hybridized carbons (Fsp3) is 0.667. The zero-order valence-corrected chi connectivity index (χ0v) is 12.3. The standard InChI is InChI=1S/C15H25N3O/c1-12-8-13(2)16-9-15(12)10-17-14(3)11-18-4-6-19-7-5-18/h8-9,14,17H,4-7,10-11H2,1-3H3/t14-/m1/s1. The van der Waals surface area contributed by atoms with Crippen LogP contribution < -0.4 is 5.32 Å². The highest BCUT2D eigenvalue weighted by atomic mass is 16.5. The average Bonchev–Trinajstić information content (AvgIpc) is 2.39. The molecule has 1 aromatic rings. The summed E-state index contributed by atoms with van der Waals surface area (Å²) >= 11 is 0. The third-order valence-electron chi connectivity index (χ3n) is 3.63. The van der Waals surface area contributed by atoms with Gasteiger partial charge in [-0.05, 0) is 38.0 Å². The van der Waals surface area contributed by atoms with Crippen LogP contribution in [0.2, 0.25) is 0 Å². The van der Waals surface area contributed by atoms with Crippen molar-refractivity contribution in [2.45, 2.75) is 33.4 Å². The van der Waals surface area contributed by atoms with Crippen LogP contribution in [0.3, 0.4) is 0 Å². The molecule has 1 atom stereocenters. The summed E-state index contributed by atoms with van der Waals surface area (Å²) in [5.74, 6) is 0. The van der Waals surface area contributed by atoms with Crippen molar-refractivity contribution in [3.05, 3.63) is 29.1 Å². The number of pyridine rings is 1. The van der Waals surface area contributed by atoms with Crippen molar-refractivity contribution in [3.63, 3.8) is 0 Å². The molecular weight excluding hydrogens is 238 g/mol. The van der Waals surface area contributed by atoms with E-state index in [0.29, 0.717) is 6.04 Å². The van der Waals surface area contributed by atoms with Gasteiger partial charge in [0.05, 0.1) is 13.2 Å². The van der Waals surface area contributed by atoms with E-state index in [1.165, 1.54) is 11.1 Å². The van der Waals surface area contributed by atoms with Gasteiger partial charge in [0.2, 0.25) is 0 Å². The molecular formula is C15H25N3O. The molecule has 0 aliphatic carbocycles. The van der Waals surface area contributed by atoms with Crippen LogP contribution in [0.4, 0.5) is 0 Å². The Morgan fingerprint density at radius 3 is 2.79 bits per heavy atom. The van der Waals surface area contributed by atoms with E-state index in [1.54, 1.807) is 0 Å². The SMILES string of the molecule is Cc1cc(C)c(CN[C@H](C)CN2CCOCC2)cn1. The second-order valence-corrected chi connectivity index (χ2v) is 5.45. The first-order valence-corrected chi connectivity index (χ1v) is 7.11. The number of nitrogens with zero attached hydrogens (tertiary/aromatic N) is 2. The first-order valence-electron chi connectivity index (χ1n) is 7.11. The molecule has 4 heteroatoms. The highest BCUT2D eigenvalue weighted by molar-refractivity contribution is 5.24. The fourth-order valence-electron chi connectivity index (χ4n) is 2.43. The first kappa shape index (κ1) is 14.4. The van der Waals surface area contributed by atoms with Gasteiger partial charge in [0.25, 0.3) is 0 Å². The third-order valence-corrected chi connectivity index (χ3v) is 3.63. The summed E-state index contributed by atoms with van der Waals surface area (Å²) < 4.78 is 5.37. The van der Waals surface area contributed by atoms with Gasteiger partial charge in [-0.3, -0.25) is 9.88 Å². The molecule has 0 saturated carbocycles. The number of hydrogen-bond donors (Lipinski definition) is 1. The lowest BCUT2D eigenvalue weighted by Crippen LogP contribution is -2.44. The minimum absolute atomic E-state index is 0.485. The Balaban J connectivity index is 1.77. The van der Waals surface area contributed by atoms with E-state index in [0.717, 1.165) is 45.1 Å². The summed E-state index contributed by atoms with van der Waals surface area (Å²) in [6.07, 6.45) is 1.99. The topological polar surface area (TPSA) is 37.4 Å². The lowest BCUT2D eigenvalue weighted by atomic mass is 10.1. The molecule has 0 spiro atoms. The molecule has 0 aromatic carbocycles. The molecule has 106 valence electrons. The molecule has 19 heavy (non-hydrogen) atoms. The summed E-state index contributed by atoms with van der Waals surface area (Å²) in [7, 11) is 0. The highest BCUT2D eigenvalue weighted by Crippen LogP contribution is 2.08. The summed E-state index contributed by atoms with van der Waals surface area (Å²) in [5, 5.41) is 3.58. The minimum atomic E-state index is 0.485. The van der Waals surface area contributed by atoms with Crippen molar-refractivity contribution in [2.75, 3.05) is 32.8 Å². The van der Waals surface area contributed by atoms with Gasteiger partial charge in [0.15, 0.2) is 0 Å². The third kappa shape index (κ3) is 4.56. The maximum absolute atomic E-state index is 5.37. The van der Waals surface area contributed by atoms with Gasteiger partial charge in [0.1, 0.15) is 0 Å². The molecule has 1 aromatic heterocycles. The zero-order chi connectivity index (χ0) is 13.7. The van der Waals surface area contributed by atoms with Gasteiger partial charge < -0.3 is 10.1 Å². The van der Waals surface area contributed by atoms with Crippen LogP contribution in [-0.2, 0) is 11.3 Å². The number of hydrogen-bond acceptors (Lipinski definition) is 4. The summed E-state index contributed by atoms with van der Waals surface area (Å²) in [6, 6.07) is 2.63. The Hall–Kier alpha value is -0.970. The Morgan fingerprint density at radius 1 is 1.37 bits per heavy atom. The molecule has 0 unspecified atom stereocenters. The highest BCUT2D eigenvalue weighted by Gasteiger charge is 2.13. The molecule has 2 heterocycles. The average molecular weight is 263 g/mol. The maximum atomic E-state index is 5.37. The van der Waals surface area contributed by atoms with Crippen LogP contribution in [0.1, 0.15) is 23.7 Å². The Morgan fingerprint density at radius 2 is 2.11 bits per heavy atom. The first-order chi connectivity index (χ1) is 9.15. The van der Waals surface area contributed by atoms with E-state index in [4.69, 9.17) is 4.74 Å². The Kier molecular flexibility index (Phi) is 5.31. The molecule has 1 fully saturated rings. The lowest BCUT2D eigenvalue weighted by molar-refractivity contribution is 0.0343.